The highest BCUT2D eigenvalue weighted by Crippen LogP contribution is 2.25. The van der Waals surface area contributed by atoms with Crippen LogP contribution in [-0.2, 0) is 0 Å². The summed E-state index contributed by atoms with van der Waals surface area (Å²) < 4.78 is 5.22. The van der Waals surface area contributed by atoms with Crippen LogP contribution in [-0.4, -0.2) is 39.3 Å². The number of hydrogen-bond donors (Lipinski definition) is 3. The third-order valence-corrected chi connectivity index (χ3v) is 4.71. The molecule has 0 aliphatic carbocycles. The van der Waals surface area contributed by atoms with E-state index in [1.807, 2.05) is 35.7 Å². The molecule has 0 unspecified atom stereocenters. The van der Waals surface area contributed by atoms with Crippen molar-refractivity contribution < 1.29 is 9.32 Å². The summed E-state index contributed by atoms with van der Waals surface area (Å²) in [5, 5.41) is 22.9. The Bertz CT molecular complexity index is 1050. The van der Waals surface area contributed by atoms with Gasteiger partial charge in [-0.1, -0.05) is 11.2 Å². The molecule has 0 atom stereocenters. The topological polar surface area (TPSA) is 118 Å². The highest BCUT2D eigenvalue weighted by molar-refractivity contribution is 7.13. The Balaban J connectivity index is 1.22. The summed E-state index contributed by atoms with van der Waals surface area (Å²) in [5.41, 5.74) is 1.08. The number of carbonyl (C=O) groups excluding carboxylic acids is 1. The van der Waals surface area contributed by atoms with Gasteiger partial charge in [-0.2, -0.15) is 0 Å². The number of hydrogen-bond acceptors (Lipinski definition) is 9. The van der Waals surface area contributed by atoms with Gasteiger partial charge >= 0.3 is 0 Å². The first-order chi connectivity index (χ1) is 14.3. The molecule has 9 nitrogen and oxygen atoms in total. The molecule has 0 aromatic carbocycles. The van der Waals surface area contributed by atoms with Crippen LogP contribution in [0.5, 0.6) is 0 Å². The molecule has 3 N–H and O–H groups in total. The summed E-state index contributed by atoms with van der Waals surface area (Å²) in [6.07, 6.45) is 3.41. The van der Waals surface area contributed by atoms with Crippen LogP contribution in [0.4, 0.5) is 17.3 Å². The number of aromatic nitrogens is 4. The van der Waals surface area contributed by atoms with Crippen molar-refractivity contribution in [1.82, 2.24) is 25.7 Å². The van der Waals surface area contributed by atoms with Crippen LogP contribution in [0.15, 0.2) is 64.8 Å². The minimum atomic E-state index is -0.291. The normalized spacial score (nSPS) is 10.5. The average Bonchev–Trinajstić information content (AvgIpc) is 3.45. The number of nitrogens with one attached hydrogen (secondary N) is 3. The van der Waals surface area contributed by atoms with Gasteiger partial charge in [-0.15, -0.1) is 21.5 Å². The van der Waals surface area contributed by atoms with Crippen molar-refractivity contribution in [2.45, 2.75) is 0 Å². The molecule has 0 bridgehead atoms. The molecule has 4 aromatic heterocycles. The summed E-state index contributed by atoms with van der Waals surface area (Å²) >= 11 is 1.53. The van der Waals surface area contributed by atoms with Gasteiger partial charge in [-0.05, 0) is 35.7 Å². The van der Waals surface area contributed by atoms with Gasteiger partial charge in [0.05, 0.1) is 16.8 Å². The van der Waals surface area contributed by atoms with Gasteiger partial charge in [0, 0.05) is 25.4 Å². The zero-order valence-corrected chi connectivity index (χ0v) is 16.0. The third kappa shape index (κ3) is 4.93. The Morgan fingerprint density at radius 3 is 2.72 bits per heavy atom. The molecule has 0 fully saturated rings. The maximum Gasteiger partial charge on any atom is 0.273 e. The molecule has 0 aliphatic rings. The number of amides is 1. The van der Waals surface area contributed by atoms with Crippen LogP contribution in [0.2, 0.25) is 0 Å². The maximum atomic E-state index is 12.2. The molecule has 0 radical (unpaired) electrons. The van der Waals surface area contributed by atoms with E-state index in [1.165, 1.54) is 11.3 Å². The Kier molecular flexibility index (Phi) is 5.72. The zero-order valence-electron chi connectivity index (χ0n) is 15.2. The smallest absolute Gasteiger partial charge is 0.273 e. The van der Waals surface area contributed by atoms with Crippen molar-refractivity contribution in [3.05, 3.63) is 65.9 Å². The van der Waals surface area contributed by atoms with Gasteiger partial charge in [0.1, 0.15) is 5.82 Å². The van der Waals surface area contributed by atoms with Gasteiger partial charge in [0.15, 0.2) is 17.3 Å². The van der Waals surface area contributed by atoms with Crippen LogP contribution in [0, 0.1) is 0 Å². The quantitative estimate of drug-likeness (QED) is 0.381. The third-order valence-electron chi connectivity index (χ3n) is 3.82. The lowest BCUT2D eigenvalue weighted by atomic mass is 10.3. The largest absolute Gasteiger partial charge is 0.367 e. The second-order valence-electron chi connectivity index (χ2n) is 5.91. The van der Waals surface area contributed by atoms with E-state index in [1.54, 1.807) is 24.5 Å². The summed E-state index contributed by atoms with van der Waals surface area (Å²) in [5.74, 6) is 1.51. The first-order valence-electron chi connectivity index (χ1n) is 8.81. The molecule has 4 heterocycles. The lowest BCUT2D eigenvalue weighted by Gasteiger charge is -2.07. The fraction of sp³-hybridized carbons (Fsp3) is 0.105. The van der Waals surface area contributed by atoms with Gasteiger partial charge in [0.2, 0.25) is 0 Å². The van der Waals surface area contributed by atoms with Crippen molar-refractivity contribution in [1.29, 1.82) is 0 Å². The van der Waals surface area contributed by atoms with Crippen LogP contribution in [0.25, 0.3) is 10.6 Å². The molecule has 0 aliphatic heterocycles. The fourth-order valence-electron chi connectivity index (χ4n) is 2.45. The molecule has 29 heavy (non-hydrogen) atoms. The summed E-state index contributed by atoms with van der Waals surface area (Å²) in [4.78, 5) is 17.1. The molecule has 0 saturated carbocycles. The molecular formula is C19H17N7O2S. The van der Waals surface area contributed by atoms with E-state index in [0.29, 0.717) is 30.5 Å². The molecule has 4 rings (SSSR count). The SMILES string of the molecule is O=C(NCCNc1ccc(Nc2cccnc2)nn1)c1cc(-c2cccs2)on1. The zero-order chi connectivity index (χ0) is 19.9. The van der Waals surface area contributed by atoms with Crippen molar-refractivity contribution in [3.8, 4) is 10.6 Å². The van der Waals surface area contributed by atoms with Gasteiger partial charge in [-0.25, -0.2) is 0 Å². The summed E-state index contributed by atoms with van der Waals surface area (Å²) in [6, 6.07) is 12.8. The van der Waals surface area contributed by atoms with Crippen molar-refractivity contribution in [2.24, 2.45) is 0 Å². The van der Waals surface area contributed by atoms with Gasteiger partial charge in [0.25, 0.3) is 5.91 Å². The Hall–Kier alpha value is -3.79. The molecule has 1 amide bonds. The highest BCUT2D eigenvalue weighted by Gasteiger charge is 2.13. The van der Waals surface area contributed by atoms with E-state index in [0.717, 1.165) is 10.6 Å². The van der Waals surface area contributed by atoms with E-state index in [4.69, 9.17) is 4.52 Å². The molecule has 10 heteroatoms. The minimum Gasteiger partial charge on any atom is -0.367 e. The van der Waals surface area contributed by atoms with Gasteiger partial charge < -0.3 is 20.5 Å². The Morgan fingerprint density at radius 2 is 1.97 bits per heavy atom. The number of pyridine rings is 1. The number of anilines is 3. The van der Waals surface area contributed by atoms with E-state index >= 15 is 0 Å². The summed E-state index contributed by atoms with van der Waals surface area (Å²) in [7, 11) is 0. The van der Waals surface area contributed by atoms with Crippen LogP contribution in [0.3, 0.4) is 0 Å². The number of thiophene rings is 1. The van der Waals surface area contributed by atoms with E-state index in [2.05, 4.69) is 36.3 Å². The monoisotopic (exact) mass is 407 g/mol. The molecular weight excluding hydrogens is 390 g/mol. The molecule has 4 aromatic rings. The minimum absolute atomic E-state index is 0.249. The maximum absolute atomic E-state index is 12.2. The van der Waals surface area contributed by atoms with Crippen molar-refractivity contribution in [3.63, 3.8) is 0 Å². The number of nitrogens with zero attached hydrogens (tertiary/aromatic N) is 4. The van der Waals surface area contributed by atoms with Crippen LogP contribution < -0.4 is 16.0 Å². The predicted octanol–water partition coefficient (Wildman–Crippen LogP) is 3.17. The number of carbonyl (C=O) groups is 1. The fourth-order valence-corrected chi connectivity index (χ4v) is 3.13. The van der Waals surface area contributed by atoms with Crippen molar-refractivity contribution >= 4 is 34.6 Å². The summed E-state index contributed by atoms with van der Waals surface area (Å²) in [6.45, 7) is 0.892. The lowest BCUT2D eigenvalue weighted by Crippen LogP contribution is -2.29. The first kappa shape index (κ1) is 18.6. The first-order valence-corrected chi connectivity index (χ1v) is 9.69. The average molecular weight is 407 g/mol. The Labute approximate surface area is 170 Å². The van der Waals surface area contributed by atoms with Gasteiger partial charge in [-0.3, -0.25) is 9.78 Å². The predicted molar refractivity (Wildman–Crippen MR) is 110 cm³/mol. The number of rotatable bonds is 8. The standard InChI is InChI=1S/C19H17N7O2S/c27-19(14-11-15(28-26-14)16-4-2-10-29-16)22-9-8-21-17-5-6-18(25-24-17)23-13-3-1-7-20-12-13/h1-7,10-12H,8-9H2,(H,21,24)(H,22,27)(H,23,25). The highest BCUT2D eigenvalue weighted by atomic mass is 32.1. The van der Waals surface area contributed by atoms with E-state index < -0.39 is 0 Å². The van der Waals surface area contributed by atoms with Crippen molar-refractivity contribution in [2.75, 3.05) is 23.7 Å². The Morgan fingerprint density at radius 1 is 1.07 bits per heavy atom. The second kappa shape index (κ2) is 8.93. The van der Waals surface area contributed by atoms with E-state index in [-0.39, 0.29) is 11.6 Å². The molecule has 0 spiro atoms. The second-order valence-corrected chi connectivity index (χ2v) is 6.85. The lowest BCUT2D eigenvalue weighted by molar-refractivity contribution is 0.0946. The van der Waals surface area contributed by atoms with E-state index in [9.17, 15) is 4.79 Å². The molecule has 146 valence electrons. The molecule has 0 saturated heterocycles. The van der Waals surface area contributed by atoms with Crippen LogP contribution in [0.1, 0.15) is 10.5 Å². The van der Waals surface area contributed by atoms with Crippen LogP contribution >= 0.6 is 11.3 Å².